The van der Waals surface area contributed by atoms with Crippen LogP contribution in [0.5, 0.6) is 0 Å². The normalized spacial score (nSPS) is 12.6. The molecule has 0 spiro atoms. The molecule has 0 saturated carbocycles. The molecule has 1 atom stereocenters. The van der Waals surface area contributed by atoms with E-state index in [0.29, 0.717) is 5.56 Å². The van der Waals surface area contributed by atoms with Crippen LogP contribution in [0, 0.1) is 5.82 Å². The molecule has 1 unspecified atom stereocenters. The summed E-state index contributed by atoms with van der Waals surface area (Å²) in [5.41, 5.74) is 1.44. The first-order valence-corrected chi connectivity index (χ1v) is 11.0. The second-order valence-electron chi connectivity index (χ2n) is 5.88. The van der Waals surface area contributed by atoms with Crippen molar-refractivity contribution in [2.75, 3.05) is 12.5 Å². The van der Waals surface area contributed by atoms with Crippen molar-refractivity contribution in [2.45, 2.75) is 23.1 Å². The van der Waals surface area contributed by atoms with Gasteiger partial charge >= 0.3 is 0 Å². The van der Waals surface area contributed by atoms with Crippen LogP contribution in [0.2, 0.25) is 0 Å². The van der Waals surface area contributed by atoms with Crippen molar-refractivity contribution in [3.05, 3.63) is 52.7 Å². The lowest BCUT2D eigenvalue weighted by Crippen LogP contribution is -2.39. The number of carbonyl (C=O) groups excluding carboxylic acids is 1. The molecule has 0 radical (unpaired) electrons. The van der Waals surface area contributed by atoms with Crippen LogP contribution < -0.4 is 11.0 Å². The molecule has 2 rings (SSSR count). The first kappa shape index (κ1) is 21.1. The number of thioether (sulfide) groups is 1. The van der Waals surface area contributed by atoms with E-state index < -0.39 is 32.4 Å². The molecule has 0 aliphatic carbocycles. The van der Waals surface area contributed by atoms with E-state index in [-0.39, 0.29) is 18.5 Å². The van der Waals surface area contributed by atoms with Gasteiger partial charge in [-0.3, -0.25) is 14.8 Å². The van der Waals surface area contributed by atoms with Gasteiger partial charge in [0.05, 0.1) is 0 Å². The summed E-state index contributed by atoms with van der Waals surface area (Å²) in [4.78, 5) is 24.8. The van der Waals surface area contributed by atoms with Crippen molar-refractivity contribution >= 4 is 27.5 Å². The highest BCUT2D eigenvalue weighted by Crippen LogP contribution is 2.24. The number of hydrogen-bond donors (Lipinski definition) is 2. The molecule has 2 aromatic rings. The van der Waals surface area contributed by atoms with Crippen molar-refractivity contribution in [2.24, 2.45) is 0 Å². The van der Waals surface area contributed by atoms with E-state index in [1.807, 2.05) is 18.4 Å². The van der Waals surface area contributed by atoms with Gasteiger partial charge in [-0.25, -0.2) is 18.3 Å². The Bertz CT molecular complexity index is 987. The minimum absolute atomic E-state index is 0.136. The maximum Gasteiger partial charge on any atom is 0.261 e. The second kappa shape index (κ2) is 8.68. The maximum absolute atomic E-state index is 14.5. The lowest BCUT2D eigenvalue weighted by atomic mass is 10.1. The average Bonchev–Trinajstić information content (AvgIpc) is 2.63. The Morgan fingerprint density at radius 1 is 1.33 bits per heavy atom. The number of carbonyl (C=O) groups is 1. The highest BCUT2D eigenvalue weighted by Gasteiger charge is 2.28. The quantitative estimate of drug-likeness (QED) is 0.406. The lowest BCUT2D eigenvalue weighted by Gasteiger charge is -2.14. The SMILES string of the molecule is CSc1ccc(-c2cc(=O)n(CCC(C(=O)NO)S(C)(=O)=O)cc2F)cc1. The van der Waals surface area contributed by atoms with E-state index in [4.69, 9.17) is 5.21 Å². The van der Waals surface area contributed by atoms with Crippen LogP contribution in [0.15, 0.2) is 46.2 Å². The van der Waals surface area contributed by atoms with Crippen LogP contribution in [-0.4, -0.2) is 41.9 Å². The first-order chi connectivity index (χ1) is 12.7. The summed E-state index contributed by atoms with van der Waals surface area (Å²) in [6.07, 6.45) is 3.46. The Morgan fingerprint density at radius 3 is 2.48 bits per heavy atom. The minimum atomic E-state index is -3.81. The summed E-state index contributed by atoms with van der Waals surface area (Å²) >= 11 is 1.54. The predicted molar refractivity (Wildman–Crippen MR) is 101 cm³/mol. The molecule has 27 heavy (non-hydrogen) atoms. The van der Waals surface area contributed by atoms with E-state index in [0.717, 1.165) is 28.0 Å². The molecule has 2 N–H and O–H groups in total. The highest BCUT2D eigenvalue weighted by atomic mass is 32.2. The molecule has 146 valence electrons. The van der Waals surface area contributed by atoms with Gasteiger partial charge in [-0.05, 0) is 30.4 Å². The van der Waals surface area contributed by atoms with Gasteiger partial charge in [0.2, 0.25) is 0 Å². The van der Waals surface area contributed by atoms with Crippen LogP contribution in [0.4, 0.5) is 4.39 Å². The number of nitrogens with one attached hydrogen (secondary N) is 1. The molecule has 1 aromatic heterocycles. The van der Waals surface area contributed by atoms with Crippen LogP contribution >= 0.6 is 11.8 Å². The molecule has 1 aromatic carbocycles. The molecule has 0 aliphatic rings. The summed E-state index contributed by atoms with van der Waals surface area (Å²) in [5.74, 6) is -1.74. The van der Waals surface area contributed by atoms with Crippen molar-refractivity contribution in [3.63, 3.8) is 0 Å². The van der Waals surface area contributed by atoms with Crippen molar-refractivity contribution in [1.82, 2.24) is 10.0 Å². The van der Waals surface area contributed by atoms with Crippen LogP contribution in [0.25, 0.3) is 11.1 Å². The zero-order valence-electron chi connectivity index (χ0n) is 14.7. The number of amides is 1. The van der Waals surface area contributed by atoms with Gasteiger partial charge in [-0.2, -0.15) is 0 Å². The summed E-state index contributed by atoms with van der Waals surface area (Å²) in [7, 11) is -3.81. The molecule has 0 fully saturated rings. The second-order valence-corrected chi connectivity index (χ2v) is 8.99. The largest absolute Gasteiger partial charge is 0.312 e. The fraction of sp³-hybridized carbons (Fsp3) is 0.294. The van der Waals surface area contributed by atoms with E-state index >= 15 is 0 Å². The molecule has 0 bridgehead atoms. The number of aromatic nitrogens is 1. The Hall–Kier alpha value is -2.17. The molecular formula is C17H19FN2O5S2. The third-order valence-electron chi connectivity index (χ3n) is 4.03. The van der Waals surface area contributed by atoms with Gasteiger partial charge in [0.15, 0.2) is 9.84 Å². The van der Waals surface area contributed by atoms with E-state index in [9.17, 15) is 22.4 Å². The molecular weight excluding hydrogens is 395 g/mol. The first-order valence-electron chi connectivity index (χ1n) is 7.84. The number of benzene rings is 1. The molecule has 7 nitrogen and oxygen atoms in total. The number of halogens is 1. The summed E-state index contributed by atoms with van der Waals surface area (Å²) in [5, 5.41) is 7.13. The van der Waals surface area contributed by atoms with Gasteiger partial charge < -0.3 is 4.57 Å². The van der Waals surface area contributed by atoms with Crippen LogP contribution in [0.3, 0.4) is 0 Å². The molecule has 0 saturated heterocycles. The molecule has 1 heterocycles. The average molecular weight is 414 g/mol. The van der Waals surface area contributed by atoms with Crippen LogP contribution in [-0.2, 0) is 21.2 Å². The number of pyridine rings is 1. The Kier molecular flexibility index (Phi) is 6.79. The van der Waals surface area contributed by atoms with Gasteiger partial charge in [0.25, 0.3) is 11.5 Å². The number of hydroxylamine groups is 1. The maximum atomic E-state index is 14.5. The fourth-order valence-electron chi connectivity index (χ4n) is 2.58. The smallest absolute Gasteiger partial charge is 0.261 e. The zero-order valence-corrected chi connectivity index (χ0v) is 16.3. The number of nitrogens with zero attached hydrogens (tertiary/aromatic N) is 1. The number of rotatable bonds is 7. The summed E-state index contributed by atoms with van der Waals surface area (Å²) in [6.45, 7) is -0.202. The standard InChI is InChI=1S/C17H19FN2O5S2/c1-26-12-5-3-11(4-6-12)13-9-16(21)20(10-14(13)18)8-7-15(17(22)19-23)27(2,24)25/h3-6,9-10,15,23H,7-8H2,1-2H3,(H,19,22). The Morgan fingerprint density at radius 2 is 1.96 bits per heavy atom. The van der Waals surface area contributed by atoms with E-state index in [1.54, 1.807) is 12.1 Å². The number of hydrogen-bond acceptors (Lipinski definition) is 6. The third kappa shape index (κ3) is 5.18. The number of aryl methyl sites for hydroxylation is 1. The zero-order chi connectivity index (χ0) is 20.2. The van der Waals surface area contributed by atoms with Crippen molar-refractivity contribution in [3.8, 4) is 11.1 Å². The monoisotopic (exact) mass is 414 g/mol. The van der Waals surface area contributed by atoms with Gasteiger partial charge in [-0.15, -0.1) is 11.8 Å². The fourth-order valence-corrected chi connectivity index (χ4v) is 3.96. The van der Waals surface area contributed by atoms with Gasteiger partial charge in [-0.1, -0.05) is 12.1 Å². The minimum Gasteiger partial charge on any atom is -0.312 e. The highest BCUT2D eigenvalue weighted by molar-refractivity contribution is 7.98. The summed E-state index contributed by atoms with van der Waals surface area (Å²) < 4.78 is 38.8. The predicted octanol–water partition coefficient (Wildman–Crippen LogP) is 1.69. The Balaban J connectivity index is 2.28. The van der Waals surface area contributed by atoms with Crippen molar-refractivity contribution in [1.29, 1.82) is 0 Å². The van der Waals surface area contributed by atoms with Gasteiger partial charge in [0.1, 0.15) is 11.1 Å². The molecule has 1 amide bonds. The van der Waals surface area contributed by atoms with Gasteiger partial charge in [0, 0.05) is 35.5 Å². The van der Waals surface area contributed by atoms with Crippen LogP contribution in [0.1, 0.15) is 6.42 Å². The third-order valence-corrected chi connectivity index (χ3v) is 6.26. The topological polar surface area (TPSA) is 105 Å². The van der Waals surface area contributed by atoms with E-state index in [1.165, 1.54) is 17.2 Å². The molecule has 0 aliphatic heterocycles. The van der Waals surface area contributed by atoms with E-state index in [2.05, 4.69) is 0 Å². The summed E-state index contributed by atoms with van der Waals surface area (Å²) in [6, 6.07) is 8.17. The molecule has 10 heteroatoms. The Labute approximate surface area is 160 Å². The lowest BCUT2D eigenvalue weighted by molar-refractivity contribution is -0.128. The van der Waals surface area contributed by atoms with Crippen molar-refractivity contribution < 1.29 is 22.8 Å². The number of sulfone groups is 1.